The molecule has 1 N–H and O–H groups in total. The first-order chi connectivity index (χ1) is 9.56. The highest BCUT2D eigenvalue weighted by Crippen LogP contribution is 2.21. The van der Waals surface area contributed by atoms with Gasteiger partial charge in [0.15, 0.2) is 11.6 Å². The predicted molar refractivity (Wildman–Crippen MR) is 72.1 cm³/mol. The van der Waals surface area contributed by atoms with E-state index >= 15 is 0 Å². The molecule has 104 valence electrons. The number of rotatable bonds is 4. The molecule has 0 aliphatic rings. The van der Waals surface area contributed by atoms with Crippen LogP contribution in [0.5, 0.6) is 0 Å². The molecule has 2 rings (SSSR count). The first-order valence-corrected chi connectivity index (χ1v) is 6.67. The lowest BCUT2D eigenvalue weighted by atomic mass is 10.3. The summed E-state index contributed by atoms with van der Waals surface area (Å²) in [4.78, 5) is 12.0. The molecule has 0 spiro atoms. The van der Waals surface area contributed by atoms with Crippen molar-refractivity contribution < 1.29 is 18.0 Å². The van der Waals surface area contributed by atoms with Gasteiger partial charge in [-0.05, 0) is 30.3 Å². The van der Waals surface area contributed by atoms with Gasteiger partial charge < -0.3 is 5.32 Å². The molecule has 0 aliphatic heterocycles. The molecule has 2 nitrogen and oxygen atoms in total. The molecule has 2 aromatic rings. The van der Waals surface area contributed by atoms with Gasteiger partial charge in [0.05, 0.1) is 11.4 Å². The highest BCUT2D eigenvalue weighted by atomic mass is 32.2. The Morgan fingerprint density at radius 1 is 1.00 bits per heavy atom. The third-order valence-corrected chi connectivity index (χ3v) is 3.40. The molecule has 0 fully saturated rings. The van der Waals surface area contributed by atoms with Crippen molar-refractivity contribution in [3.8, 4) is 0 Å². The van der Waals surface area contributed by atoms with Gasteiger partial charge in [0.1, 0.15) is 5.82 Å². The number of benzene rings is 2. The summed E-state index contributed by atoms with van der Waals surface area (Å²) >= 11 is 1.04. The van der Waals surface area contributed by atoms with Crippen molar-refractivity contribution in [3.63, 3.8) is 0 Å². The normalized spacial score (nSPS) is 10.3. The van der Waals surface area contributed by atoms with Crippen molar-refractivity contribution >= 4 is 23.4 Å². The van der Waals surface area contributed by atoms with Crippen molar-refractivity contribution in [3.05, 3.63) is 59.9 Å². The van der Waals surface area contributed by atoms with Crippen molar-refractivity contribution in [1.82, 2.24) is 0 Å². The van der Waals surface area contributed by atoms with E-state index in [0.29, 0.717) is 4.90 Å². The number of halogens is 3. The summed E-state index contributed by atoms with van der Waals surface area (Å²) in [6.07, 6.45) is 0. The average molecular weight is 297 g/mol. The van der Waals surface area contributed by atoms with Crippen molar-refractivity contribution in [2.75, 3.05) is 11.1 Å². The molecule has 0 unspecified atom stereocenters. The summed E-state index contributed by atoms with van der Waals surface area (Å²) in [7, 11) is 0. The van der Waals surface area contributed by atoms with E-state index in [1.165, 1.54) is 24.3 Å². The monoisotopic (exact) mass is 297 g/mol. The van der Waals surface area contributed by atoms with Crippen LogP contribution >= 0.6 is 11.8 Å². The molecule has 0 bridgehead atoms. The molecule has 0 saturated heterocycles. The van der Waals surface area contributed by atoms with Gasteiger partial charge in [0.2, 0.25) is 5.91 Å². The Morgan fingerprint density at radius 3 is 2.45 bits per heavy atom. The first kappa shape index (κ1) is 14.5. The molecule has 0 saturated carbocycles. The maximum Gasteiger partial charge on any atom is 0.234 e. The fourth-order valence-electron chi connectivity index (χ4n) is 1.46. The number of hydrogen-bond acceptors (Lipinski definition) is 2. The Kier molecular flexibility index (Phi) is 4.68. The van der Waals surface area contributed by atoms with E-state index in [0.717, 1.165) is 23.9 Å². The smallest absolute Gasteiger partial charge is 0.234 e. The fourth-order valence-corrected chi connectivity index (χ4v) is 2.19. The number of carbonyl (C=O) groups is 1. The minimum absolute atomic E-state index is 0.0284. The number of anilines is 1. The summed E-state index contributed by atoms with van der Waals surface area (Å²) in [6, 6.07) is 9.16. The quantitative estimate of drug-likeness (QED) is 0.869. The van der Waals surface area contributed by atoms with Crippen LogP contribution in [0.1, 0.15) is 0 Å². The van der Waals surface area contributed by atoms with E-state index in [2.05, 4.69) is 5.32 Å². The van der Waals surface area contributed by atoms with Crippen LogP contribution in [0.2, 0.25) is 0 Å². The summed E-state index contributed by atoms with van der Waals surface area (Å²) in [5.41, 5.74) is 0.0865. The van der Waals surface area contributed by atoms with Gasteiger partial charge in [0.25, 0.3) is 0 Å². The fraction of sp³-hybridized carbons (Fsp3) is 0.0714. The number of nitrogens with one attached hydrogen (secondary N) is 1. The number of thioether (sulfide) groups is 1. The maximum absolute atomic E-state index is 13.3. The predicted octanol–water partition coefficient (Wildman–Crippen LogP) is 3.83. The largest absolute Gasteiger partial charge is 0.323 e. The highest BCUT2D eigenvalue weighted by molar-refractivity contribution is 8.00. The summed E-state index contributed by atoms with van der Waals surface area (Å²) in [6.45, 7) is 0. The highest BCUT2D eigenvalue weighted by Gasteiger charge is 2.08. The lowest BCUT2D eigenvalue weighted by Gasteiger charge is -2.06. The minimum Gasteiger partial charge on any atom is -0.323 e. The van der Waals surface area contributed by atoms with Crippen LogP contribution in [0.25, 0.3) is 0 Å². The minimum atomic E-state index is -0.968. The molecular weight excluding hydrogens is 287 g/mol. The average Bonchev–Trinajstić information content (AvgIpc) is 2.43. The van der Waals surface area contributed by atoms with Gasteiger partial charge in [-0.2, -0.15) is 0 Å². The van der Waals surface area contributed by atoms with E-state index < -0.39 is 23.4 Å². The Bertz CT molecular complexity index is 634. The molecule has 0 radical (unpaired) electrons. The summed E-state index contributed by atoms with van der Waals surface area (Å²) in [5, 5.41) is 2.40. The van der Waals surface area contributed by atoms with E-state index in [1.54, 1.807) is 6.07 Å². The summed E-state index contributed by atoms with van der Waals surface area (Å²) < 4.78 is 39.0. The van der Waals surface area contributed by atoms with Gasteiger partial charge in [-0.15, -0.1) is 11.8 Å². The zero-order valence-corrected chi connectivity index (χ0v) is 11.0. The van der Waals surface area contributed by atoms with E-state index in [-0.39, 0.29) is 11.4 Å². The molecule has 0 atom stereocenters. The van der Waals surface area contributed by atoms with Crippen molar-refractivity contribution in [2.45, 2.75) is 4.90 Å². The van der Waals surface area contributed by atoms with E-state index in [4.69, 9.17) is 0 Å². The summed E-state index contributed by atoms with van der Waals surface area (Å²) in [5.74, 6) is -2.89. The maximum atomic E-state index is 13.3. The van der Waals surface area contributed by atoms with Gasteiger partial charge in [-0.3, -0.25) is 4.79 Å². The van der Waals surface area contributed by atoms with E-state index in [1.807, 2.05) is 0 Å². The lowest BCUT2D eigenvalue weighted by Crippen LogP contribution is -2.14. The molecule has 20 heavy (non-hydrogen) atoms. The van der Waals surface area contributed by atoms with E-state index in [9.17, 15) is 18.0 Å². The third kappa shape index (κ3) is 3.77. The second kappa shape index (κ2) is 6.47. The molecule has 6 heteroatoms. The third-order valence-electron chi connectivity index (χ3n) is 2.41. The zero-order chi connectivity index (χ0) is 14.5. The second-order valence-electron chi connectivity index (χ2n) is 3.89. The van der Waals surface area contributed by atoms with Crippen LogP contribution in [-0.4, -0.2) is 11.7 Å². The van der Waals surface area contributed by atoms with Crippen molar-refractivity contribution in [2.24, 2.45) is 0 Å². The van der Waals surface area contributed by atoms with Gasteiger partial charge >= 0.3 is 0 Å². The molecule has 0 aliphatic carbocycles. The Balaban J connectivity index is 1.92. The number of amides is 1. The van der Waals surface area contributed by atoms with Crippen LogP contribution in [0.15, 0.2) is 47.4 Å². The zero-order valence-electron chi connectivity index (χ0n) is 10.2. The lowest BCUT2D eigenvalue weighted by molar-refractivity contribution is -0.113. The van der Waals surface area contributed by atoms with Gasteiger partial charge in [0, 0.05) is 4.90 Å². The van der Waals surface area contributed by atoms with Crippen molar-refractivity contribution in [1.29, 1.82) is 0 Å². The molecule has 0 aromatic heterocycles. The molecule has 0 heterocycles. The Labute approximate surface area is 118 Å². The van der Waals surface area contributed by atoms with Crippen LogP contribution in [0, 0.1) is 17.5 Å². The number of hydrogen-bond donors (Lipinski definition) is 1. The Hall–Kier alpha value is -1.95. The van der Waals surface area contributed by atoms with Crippen LogP contribution < -0.4 is 5.32 Å². The number of para-hydroxylation sites is 1. The topological polar surface area (TPSA) is 29.1 Å². The second-order valence-corrected chi connectivity index (χ2v) is 4.94. The van der Waals surface area contributed by atoms with Crippen LogP contribution in [0.4, 0.5) is 18.9 Å². The van der Waals surface area contributed by atoms with Crippen LogP contribution in [0.3, 0.4) is 0 Å². The Morgan fingerprint density at radius 2 is 1.75 bits per heavy atom. The molecule has 1 amide bonds. The van der Waals surface area contributed by atoms with Crippen LogP contribution in [-0.2, 0) is 4.79 Å². The SMILES string of the molecule is O=C(CSc1ccc(F)c(F)c1)Nc1ccccc1F. The van der Waals surface area contributed by atoms with Gasteiger partial charge in [-0.1, -0.05) is 12.1 Å². The molecule has 2 aromatic carbocycles. The number of carbonyl (C=O) groups excluding carboxylic acids is 1. The molecular formula is C14H10F3NOS. The van der Waals surface area contributed by atoms with Gasteiger partial charge in [-0.25, -0.2) is 13.2 Å². The first-order valence-electron chi connectivity index (χ1n) is 5.68. The standard InChI is InChI=1S/C14H10F3NOS/c15-10-6-5-9(7-12(10)17)20-8-14(19)18-13-4-2-1-3-11(13)16/h1-7H,8H2,(H,18,19).